The van der Waals surface area contributed by atoms with Crippen molar-refractivity contribution in [1.29, 1.82) is 0 Å². The van der Waals surface area contributed by atoms with Crippen molar-refractivity contribution in [1.82, 2.24) is 20.2 Å². The van der Waals surface area contributed by atoms with Crippen LogP contribution in [0.3, 0.4) is 0 Å². The van der Waals surface area contributed by atoms with Crippen molar-refractivity contribution in [2.24, 2.45) is 5.92 Å². The smallest absolute Gasteiger partial charge is 0.273 e. The Morgan fingerprint density at radius 2 is 2.09 bits per heavy atom. The van der Waals surface area contributed by atoms with Gasteiger partial charge in [-0.05, 0) is 69.2 Å². The first-order chi connectivity index (χ1) is 15.7. The average molecular weight is 451 g/mol. The van der Waals surface area contributed by atoms with E-state index in [1.54, 1.807) is 24.6 Å². The van der Waals surface area contributed by atoms with Gasteiger partial charge in [0.2, 0.25) is 0 Å². The maximum Gasteiger partial charge on any atom is 0.273 e. The van der Waals surface area contributed by atoms with E-state index in [0.29, 0.717) is 0 Å². The third-order valence-corrected chi connectivity index (χ3v) is 8.01. The second-order valence-electron chi connectivity index (χ2n) is 8.94. The van der Waals surface area contributed by atoms with Gasteiger partial charge in [-0.25, -0.2) is 4.98 Å². The molecule has 168 valence electrons. The molecule has 1 aliphatic heterocycles. The zero-order valence-electron chi connectivity index (χ0n) is 18.5. The van der Waals surface area contributed by atoms with Crippen molar-refractivity contribution in [3.8, 4) is 5.19 Å². The van der Waals surface area contributed by atoms with Gasteiger partial charge in [0, 0.05) is 41.2 Å². The Balaban J connectivity index is 1.09. The van der Waals surface area contributed by atoms with Crippen molar-refractivity contribution in [2.75, 3.05) is 20.2 Å². The molecule has 3 heterocycles. The molecule has 1 aliphatic carbocycles. The van der Waals surface area contributed by atoms with Crippen molar-refractivity contribution in [3.05, 3.63) is 52.7 Å². The van der Waals surface area contributed by atoms with Crippen molar-refractivity contribution in [2.45, 2.75) is 51.1 Å². The van der Waals surface area contributed by atoms with Gasteiger partial charge in [0.15, 0.2) is 0 Å². The molecule has 0 unspecified atom stereocenters. The van der Waals surface area contributed by atoms with Crippen LogP contribution in [0, 0.1) is 5.92 Å². The van der Waals surface area contributed by atoms with Crippen molar-refractivity contribution < 1.29 is 9.53 Å². The molecule has 1 aromatic carbocycles. The fourth-order valence-electron chi connectivity index (χ4n) is 5.03. The molecular formula is C25H30N4O2S. The van der Waals surface area contributed by atoms with Crippen LogP contribution in [0.25, 0.3) is 10.9 Å². The molecule has 2 aliphatic rings. The summed E-state index contributed by atoms with van der Waals surface area (Å²) in [6.45, 7) is 3.19. The number of methoxy groups -OCH3 is 1. The number of nitrogens with one attached hydrogen (secondary N) is 1. The zero-order chi connectivity index (χ0) is 21.9. The molecular weight excluding hydrogens is 420 g/mol. The highest BCUT2D eigenvalue weighted by atomic mass is 32.1. The number of rotatable bonds is 6. The summed E-state index contributed by atoms with van der Waals surface area (Å²) in [5, 5.41) is 4.98. The summed E-state index contributed by atoms with van der Waals surface area (Å²) in [5.74, 6) is 0.770. The molecule has 1 saturated carbocycles. The molecule has 0 spiro atoms. The summed E-state index contributed by atoms with van der Waals surface area (Å²) >= 11 is 1.69. The number of nitrogens with zero attached hydrogens (tertiary/aromatic N) is 3. The number of benzene rings is 1. The Bertz CT molecular complexity index is 1090. The number of carbonyl (C=O) groups is 1. The van der Waals surface area contributed by atoms with E-state index in [0.717, 1.165) is 66.5 Å². The normalized spacial score (nSPS) is 21.3. The number of fused-ring (bicyclic) bond motifs is 2. The molecule has 3 aromatic rings. The second-order valence-corrected chi connectivity index (χ2v) is 9.98. The molecule has 1 amide bonds. The topological polar surface area (TPSA) is 67.3 Å². The Labute approximate surface area is 193 Å². The minimum atomic E-state index is 0.0230. The summed E-state index contributed by atoms with van der Waals surface area (Å²) in [4.78, 5) is 25.8. The summed E-state index contributed by atoms with van der Waals surface area (Å²) in [7, 11) is 1.69. The number of hydrogen-bond donors (Lipinski definition) is 1. The predicted molar refractivity (Wildman–Crippen MR) is 127 cm³/mol. The monoisotopic (exact) mass is 450 g/mol. The minimum Gasteiger partial charge on any atom is -0.473 e. The van der Waals surface area contributed by atoms with Gasteiger partial charge in [-0.2, -0.15) is 0 Å². The third-order valence-electron chi connectivity index (χ3n) is 6.89. The van der Waals surface area contributed by atoms with E-state index in [4.69, 9.17) is 4.74 Å². The minimum absolute atomic E-state index is 0.0230. The number of aromatic nitrogens is 2. The molecule has 0 atom stereocenters. The largest absolute Gasteiger partial charge is 0.473 e. The molecule has 32 heavy (non-hydrogen) atoms. The first-order valence-electron chi connectivity index (χ1n) is 11.6. The van der Waals surface area contributed by atoms with Gasteiger partial charge in [-0.3, -0.25) is 14.7 Å². The second kappa shape index (κ2) is 9.55. The molecule has 1 fully saturated rings. The average Bonchev–Trinajstić information content (AvgIpc) is 3.26. The molecule has 7 heteroatoms. The first kappa shape index (κ1) is 21.3. The van der Waals surface area contributed by atoms with Crippen LogP contribution in [0.1, 0.15) is 53.0 Å². The standard InChI is InChI=1S/C25H30N4O2S/c1-31-25-28-22-16-29(15-12-23(22)32-25)14-11-17-7-9-18(10-8-17)27-24(30)20-4-2-6-21-19(20)5-3-13-26-21/h2-6,13,17-18H,7-12,14-16H2,1H3,(H,27,30). The van der Waals surface area contributed by atoms with Crippen LogP contribution in [-0.4, -0.2) is 47.0 Å². The van der Waals surface area contributed by atoms with E-state index in [9.17, 15) is 4.79 Å². The number of hydrogen-bond acceptors (Lipinski definition) is 6. The highest BCUT2D eigenvalue weighted by molar-refractivity contribution is 7.13. The molecule has 0 saturated heterocycles. The number of pyridine rings is 1. The molecule has 0 bridgehead atoms. The summed E-state index contributed by atoms with van der Waals surface area (Å²) in [6, 6.07) is 9.88. The SMILES string of the molecule is COc1nc2c(s1)CCN(CCC1CCC(NC(=O)c3cccc4ncccc34)CC1)C2. The lowest BCUT2D eigenvalue weighted by molar-refractivity contribution is 0.0921. The van der Waals surface area contributed by atoms with Gasteiger partial charge in [0.25, 0.3) is 11.1 Å². The Morgan fingerprint density at radius 3 is 2.94 bits per heavy atom. The van der Waals surface area contributed by atoms with Gasteiger partial charge in [0.1, 0.15) is 0 Å². The summed E-state index contributed by atoms with van der Waals surface area (Å²) in [6.07, 6.45) is 8.57. The van der Waals surface area contributed by atoms with E-state index >= 15 is 0 Å². The first-order valence-corrected chi connectivity index (χ1v) is 12.4. The van der Waals surface area contributed by atoms with Crippen LogP contribution >= 0.6 is 11.3 Å². The lowest BCUT2D eigenvalue weighted by atomic mass is 9.84. The lowest BCUT2D eigenvalue weighted by Gasteiger charge is -2.32. The van der Waals surface area contributed by atoms with E-state index in [1.807, 2.05) is 30.3 Å². The van der Waals surface area contributed by atoms with E-state index in [2.05, 4.69) is 20.2 Å². The third kappa shape index (κ3) is 4.64. The fraction of sp³-hybridized carbons (Fsp3) is 0.480. The molecule has 0 radical (unpaired) electrons. The quantitative estimate of drug-likeness (QED) is 0.602. The van der Waals surface area contributed by atoms with E-state index in [-0.39, 0.29) is 11.9 Å². The van der Waals surface area contributed by atoms with Crippen molar-refractivity contribution >= 4 is 28.1 Å². The maximum atomic E-state index is 12.9. The Hall–Kier alpha value is -2.51. The van der Waals surface area contributed by atoms with Crippen molar-refractivity contribution in [3.63, 3.8) is 0 Å². The summed E-state index contributed by atoms with van der Waals surface area (Å²) < 4.78 is 5.30. The van der Waals surface area contributed by atoms with Gasteiger partial charge in [-0.15, -0.1) is 0 Å². The lowest BCUT2D eigenvalue weighted by Crippen LogP contribution is -2.38. The van der Waals surface area contributed by atoms with Crippen LogP contribution in [0.15, 0.2) is 36.5 Å². The zero-order valence-corrected chi connectivity index (χ0v) is 19.4. The van der Waals surface area contributed by atoms with Crippen LogP contribution in [0.5, 0.6) is 5.19 Å². The number of carbonyl (C=O) groups excluding carboxylic acids is 1. The van der Waals surface area contributed by atoms with E-state index in [1.165, 1.54) is 29.8 Å². The molecule has 5 rings (SSSR count). The van der Waals surface area contributed by atoms with Crippen LogP contribution in [-0.2, 0) is 13.0 Å². The maximum absolute atomic E-state index is 12.9. The van der Waals surface area contributed by atoms with Crippen LogP contribution in [0.2, 0.25) is 0 Å². The van der Waals surface area contributed by atoms with Gasteiger partial charge < -0.3 is 10.1 Å². The van der Waals surface area contributed by atoms with E-state index < -0.39 is 0 Å². The van der Waals surface area contributed by atoms with Crippen LogP contribution < -0.4 is 10.1 Å². The molecule has 2 aromatic heterocycles. The Kier molecular flexibility index (Phi) is 6.37. The number of amides is 1. The highest BCUT2D eigenvalue weighted by Gasteiger charge is 2.25. The molecule has 6 nitrogen and oxygen atoms in total. The summed E-state index contributed by atoms with van der Waals surface area (Å²) in [5.41, 5.74) is 2.79. The van der Waals surface area contributed by atoms with Gasteiger partial charge >= 0.3 is 0 Å². The van der Waals surface area contributed by atoms with Crippen LogP contribution in [0.4, 0.5) is 0 Å². The number of thiazole rings is 1. The predicted octanol–water partition coefficient (Wildman–Crippen LogP) is 4.44. The Morgan fingerprint density at radius 1 is 1.22 bits per heavy atom. The highest BCUT2D eigenvalue weighted by Crippen LogP contribution is 2.31. The number of ether oxygens (including phenoxy) is 1. The van der Waals surface area contributed by atoms with Gasteiger partial charge in [0.05, 0.1) is 18.3 Å². The fourth-order valence-corrected chi connectivity index (χ4v) is 5.90. The molecule has 1 N–H and O–H groups in total. The van der Waals surface area contributed by atoms with Gasteiger partial charge in [-0.1, -0.05) is 23.5 Å².